The highest BCUT2D eigenvalue weighted by Gasteiger charge is 2.02. The molecule has 0 aliphatic heterocycles. The summed E-state index contributed by atoms with van der Waals surface area (Å²) in [6.07, 6.45) is 0.485. The molecule has 1 rings (SSSR count). The molecule has 15 heavy (non-hydrogen) atoms. The third kappa shape index (κ3) is 3.83. The maximum atomic E-state index is 13.2. The van der Waals surface area contributed by atoms with E-state index in [9.17, 15) is 8.78 Å². The summed E-state index contributed by atoms with van der Waals surface area (Å²) in [6.45, 7) is 0.815. The molecular formula is C11H15F2NO. The second-order valence-corrected chi connectivity index (χ2v) is 3.19. The first-order chi connectivity index (χ1) is 7.27. The van der Waals surface area contributed by atoms with Gasteiger partial charge in [0.1, 0.15) is 0 Å². The number of alkyl halides is 1. The standard InChI is InChI=1S/C11H15F2NO/c1-15-11-4-3-9(7-10(11)13)8-14-6-2-5-12/h3-4,7,14H,2,5-6,8H2,1H3. The van der Waals surface area contributed by atoms with Crippen molar-refractivity contribution in [2.24, 2.45) is 0 Å². The first kappa shape index (κ1) is 11.9. The van der Waals surface area contributed by atoms with Gasteiger partial charge in [0.25, 0.3) is 0 Å². The summed E-state index contributed by atoms with van der Waals surface area (Å²) in [6, 6.07) is 4.78. The van der Waals surface area contributed by atoms with E-state index in [2.05, 4.69) is 5.32 Å². The van der Waals surface area contributed by atoms with Crippen molar-refractivity contribution in [2.45, 2.75) is 13.0 Å². The Balaban J connectivity index is 2.45. The van der Waals surface area contributed by atoms with Gasteiger partial charge in [-0.1, -0.05) is 6.07 Å². The monoisotopic (exact) mass is 215 g/mol. The Kier molecular flexibility index (Phi) is 5.04. The van der Waals surface area contributed by atoms with Crippen molar-refractivity contribution in [3.05, 3.63) is 29.6 Å². The highest BCUT2D eigenvalue weighted by atomic mass is 19.1. The summed E-state index contributed by atoms with van der Waals surface area (Å²) >= 11 is 0. The molecule has 0 aliphatic rings. The Morgan fingerprint density at radius 3 is 2.80 bits per heavy atom. The van der Waals surface area contributed by atoms with Gasteiger partial charge in [0.2, 0.25) is 0 Å². The fourth-order valence-corrected chi connectivity index (χ4v) is 1.24. The molecule has 0 saturated carbocycles. The molecule has 0 fully saturated rings. The van der Waals surface area contributed by atoms with Crippen LogP contribution in [0, 0.1) is 5.82 Å². The highest BCUT2D eigenvalue weighted by molar-refractivity contribution is 5.29. The van der Waals surface area contributed by atoms with E-state index < -0.39 is 0 Å². The maximum absolute atomic E-state index is 13.2. The Bertz CT molecular complexity index is 305. The van der Waals surface area contributed by atoms with Crippen LogP contribution in [0.5, 0.6) is 5.75 Å². The SMILES string of the molecule is COc1ccc(CNCCCF)cc1F. The van der Waals surface area contributed by atoms with Crippen molar-refractivity contribution in [3.63, 3.8) is 0 Å². The van der Waals surface area contributed by atoms with Crippen LogP contribution in [-0.2, 0) is 6.54 Å². The van der Waals surface area contributed by atoms with Crippen molar-refractivity contribution in [1.82, 2.24) is 5.32 Å². The van der Waals surface area contributed by atoms with E-state index in [0.29, 0.717) is 19.5 Å². The Labute approximate surface area is 88.3 Å². The lowest BCUT2D eigenvalue weighted by atomic mass is 10.2. The van der Waals surface area contributed by atoms with E-state index in [1.165, 1.54) is 13.2 Å². The molecule has 0 atom stereocenters. The minimum Gasteiger partial charge on any atom is -0.494 e. The maximum Gasteiger partial charge on any atom is 0.165 e. The lowest BCUT2D eigenvalue weighted by molar-refractivity contribution is 0.386. The lowest BCUT2D eigenvalue weighted by Gasteiger charge is -2.06. The lowest BCUT2D eigenvalue weighted by Crippen LogP contribution is -2.15. The molecule has 0 amide bonds. The molecule has 1 N–H and O–H groups in total. The number of hydrogen-bond donors (Lipinski definition) is 1. The number of ether oxygens (including phenoxy) is 1. The minimum atomic E-state index is -0.373. The Morgan fingerprint density at radius 2 is 2.20 bits per heavy atom. The van der Waals surface area contributed by atoms with Crippen LogP contribution in [0.25, 0.3) is 0 Å². The van der Waals surface area contributed by atoms with Gasteiger partial charge in [-0.15, -0.1) is 0 Å². The van der Waals surface area contributed by atoms with E-state index in [1.54, 1.807) is 12.1 Å². The van der Waals surface area contributed by atoms with E-state index in [-0.39, 0.29) is 18.2 Å². The average molecular weight is 215 g/mol. The summed E-state index contributed by atoms with van der Waals surface area (Å²) in [5.74, 6) is -0.134. The van der Waals surface area contributed by atoms with Crippen LogP contribution in [0.1, 0.15) is 12.0 Å². The molecule has 0 radical (unpaired) electrons. The van der Waals surface area contributed by atoms with Crippen molar-refractivity contribution < 1.29 is 13.5 Å². The molecule has 0 saturated heterocycles. The molecule has 0 aromatic heterocycles. The molecule has 0 bridgehead atoms. The van der Waals surface area contributed by atoms with Crippen LogP contribution in [0.2, 0.25) is 0 Å². The van der Waals surface area contributed by atoms with E-state index >= 15 is 0 Å². The van der Waals surface area contributed by atoms with Crippen molar-refractivity contribution in [1.29, 1.82) is 0 Å². The van der Waals surface area contributed by atoms with Crippen molar-refractivity contribution >= 4 is 0 Å². The van der Waals surface area contributed by atoms with Crippen LogP contribution >= 0.6 is 0 Å². The van der Waals surface area contributed by atoms with Crippen LogP contribution in [-0.4, -0.2) is 20.3 Å². The van der Waals surface area contributed by atoms with Gasteiger partial charge in [-0.2, -0.15) is 0 Å². The van der Waals surface area contributed by atoms with Gasteiger partial charge in [-0.3, -0.25) is 4.39 Å². The summed E-state index contributed by atoms with van der Waals surface area (Å²) in [5, 5.41) is 3.02. The molecule has 0 unspecified atom stereocenters. The number of hydrogen-bond acceptors (Lipinski definition) is 2. The van der Waals surface area contributed by atoms with Crippen LogP contribution < -0.4 is 10.1 Å². The van der Waals surface area contributed by atoms with Crippen LogP contribution in [0.4, 0.5) is 8.78 Å². The van der Waals surface area contributed by atoms with Gasteiger partial charge >= 0.3 is 0 Å². The molecule has 0 spiro atoms. The molecule has 0 heterocycles. The van der Waals surface area contributed by atoms with Crippen LogP contribution in [0.3, 0.4) is 0 Å². The second-order valence-electron chi connectivity index (χ2n) is 3.19. The topological polar surface area (TPSA) is 21.3 Å². The van der Waals surface area contributed by atoms with E-state index in [0.717, 1.165) is 5.56 Å². The Hall–Kier alpha value is -1.16. The minimum absolute atomic E-state index is 0.238. The fraction of sp³-hybridized carbons (Fsp3) is 0.455. The molecule has 1 aromatic rings. The van der Waals surface area contributed by atoms with Gasteiger partial charge in [0.05, 0.1) is 13.8 Å². The zero-order valence-electron chi connectivity index (χ0n) is 8.72. The van der Waals surface area contributed by atoms with Gasteiger partial charge in [0, 0.05) is 6.54 Å². The summed E-state index contributed by atoms with van der Waals surface area (Å²) < 4.78 is 29.8. The second kappa shape index (κ2) is 6.35. The molecule has 84 valence electrons. The van der Waals surface area contributed by atoms with Crippen LogP contribution in [0.15, 0.2) is 18.2 Å². The number of benzene rings is 1. The number of halogens is 2. The number of methoxy groups -OCH3 is 1. The third-order valence-electron chi connectivity index (χ3n) is 2.03. The molecule has 4 heteroatoms. The third-order valence-corrected chi connectivity index (χ3v) is 2.03. The van der Waals surface area contributed by atoms with Gasteiger partial charge in [-0.05, 0) is 30.7 Å². The normalized spacial score (nSPS) is 10.3. The highest BCUT2D eigenvalue weighted by Crippen LogP contribution is 2.17. The number of nitrogens with one attached hydrogen (secondary N) is 1. The van der Waals surface area contributed by atoms with Gasteiger partial charge < -0.3 is 10.1 Å². The van der Waals surface area contributed by atoms with Gasteiger partial charge in [-0.25, -0.2) is 4.39 Å². The Morgan fingerprint density at radius 1 is 1.40 bits per heavy atom. The average Bonchev–Trinajstić information content (AvgIpc) is 2.25. The predicted molar refractivity (Wildman–Crippen MR) is 55.3 cm³/mol. The zero-order valence-corrected chi connectivity index (χ0v) is 8.72. The van der Waals surface area contributed by atoms with Gasteiger partial charge in [0.15, 0.2) is 11.6 Å². The molecule has 1 aromatic carbocycles. The largest absolute Gasteiger partial charge is 0.494 e. The van der Waals surface area contributed by atoms with E-state index in [1.807, 2.05) is 0 Å². The molecular weight excluding hydrogens is 200 g/mol. The quantitative estimate of drug-likeness (QED) is 0.735. The summed E-state index contributed by atoms with van der Waals surface area (Å²) in [4.78, 5) is 0. The summed E-state index contributed by atoms with van der Waals surface area (Å²) in [5.41, 5.74) is 0.826. The van der Waals surface area contributed by atoms with E-state index in [4.69, 9.17) is 4.74 Å². The molecule has 2 nitrogen and oxygen atoms in total. The summed E-state index contributed by atoms with van der Waals surface area (Å²) in [7, 11) is 1.43. The number of rotatable bonds is 6. The smallest absolute Gasteiger partial charge is 0.165 e. The van der Waals surface area contributed by atoms with Crippen molar-refractivity contribution in [2.75, 3.05) is 20.3 Å². The zero-order chi connectivity index (χ0) is 11.1. The molecule has 0 aliphatic carbocycles. The first-order valence-corrected chi connectivity index (χ1v) is 4.87. The fourth-order valence-electron chi connectivity index (χ4n) is 1.24. The first-order valence-electron chi connectivity index (χ1n) is 4.87. The van der Waals surface area contributed by atoms with Crippen molar-refractivity contribution in [3.8, 4) is 5.75 Å². The predicted octanol–water partition coefficient (Wildman–Crippen LogP) is 2.28.